The number of rotatable bonds is 7. The Morgan fingerprint density at radius 3 is 2.38 bits per heavy atom. The Labute approximate surface area is 182 Å². The maximum atomic E-state index is 12.7. The van der Waals surface area contributed by atoms with Crippen LogP contribution < -0.4 is 10.1 Å². The number of ether oxygens (including phenoxy) is 1. The number of carbonyl (C=O) groups is 4. The van der Waals surface area contributed by atoms with Gasteiger partial charge < -0.3 is 15.0 Å². The maximum absolute atomic E-state index is 12.7. The first-order chi connectivity index (χ1) is 15.1. The van der Waals surface area contributed by atoms with E-state index >= 15 is 0 Å². The number of nitrogens with one attached hydrogen (secondary N) is 1. The fourth-order valence-corrected chi connectivity index (χ4v) is 3.06. The van der Waals surface area contributed by atoms with E-state index in [1.807, 2.05) is 0 Å². The summed E-state index contributed by atoms with van der Waals surface area (Å²) in [6.45, 7) is 1.22. The number of imide groups is 1. The second-order valence-electron chi connectivity index (χ2n) is 7.20. The fourth-order valence-electron chi connectivity index (χ4n) is 3.06. The van der Waals surface area contributed by atoms with Crippen molar-refractivity contribution in [1.29, 1.82) is 0 Å². The highest BCUT2D eigenvalue weighted by atomic mass is 16.6. The van der Waals surface area contributed by atoms with Crippen molar-refractivity contribution in [3.8, 4) is 5.75 Å². The van der Waals surface area contributed by atoms with Gasteiger partial charge in [0.05, 0.1) is 10.5 Å². The molecule has 2 aromatic rings. The van der Waals surface area contributed by atoms with E-state index in [-0.39, 0.29) is 23.6 Å². The third-order valence-electron chi connectivity index (χ3n) is 4.87. The number of amides is 4. The first-order valence-electron chi connectivity index (χ1n) is 9.51. The number of nitro groups is 1. The van der Waals surface area contributed by atoms with Crippen molar-refractivity contribution >= 4 is 35.0 Å². The summed E-state index contributed by atoms with van der Waals surface area (Å²) in [4.78, 5) is 62.2. The number of benzene rings is 2. The van der Waals surface area contributed by atoms with Crippen molar-refractivity contribution in [2.24, 2.45) is 0 Å². The predicted molar refractivity (Wildman–Crippen MR) is 112 cm³/mol. The van der Waals surface area contributed by atoms with Gasteiger partial charge in [0.2, 0.25) is 5.91 Å². The molecule has 166 valence electrons. The zero-order chi connectivity index (χ0) is 23.6. The molecule has 1 aliphatic rings. The largest absolute Gasteiger partial charge is 0.484 e. The Balaban J connectivity index is 1.69. The molecule has 2 aromatic carbocycles. The smallest absolute Gasteiger partial charge is 0.282 e. The topological polar surface area (TPSA) is 139 Å². The van der Waals surface area contributed by atoms with E-state index in [0.29, 0.717) is 16.3 Å². The van der Waals surface area contributed by atoms with Gasteiger partial charge in [0.25, 0.3) is 23.4 Å². The van der Waals surface area contributed by atoms with Crippen LogP contribution in [-0.2, 0) is 9.59 Å². The number of anilines is 1. The monoisotopic (exact) mass is 440 g/mol. The van der Waals surface area contributed by atoms with Gasteiger partial charge in [-0.1, -0.05) is 6.07 Å². The molecule has 0 aliphatic carbocycles. The second kappa shape index (κ2) is 8.84. The van der Waals surface area contributed by atoms with E-state index < -0.39 is 34.4 Å². The molecule has 11 heteroatoms. The Morgan fingerprint density at radius 1 is 1.12 bits per heavy atom. The van der Waals surface area contributed by atoms with Crippen LogP contribution in [-0.4, -0.2) is 65.1 Å². The summed E-state index contributed by atoms with van der Waals surface area (Å²) in [5, 5.41) is 13.8. The summed E-state index contributed by atoms with van der Waals surface area (Å²) in [5.74, 6) is -2.12. The minimum Gasteiger partial charge on any atom is -0.484 e. The number of nitrogens with zero attached hydrogens (tertiary/aromatic N) is 3. The van der Waals surface area contributed by atoms with Crippen LogP contribution in [0.1, 0.15) is 27.6 Å². The molecule has 3 rings (SSSR count). The maximum Gasteiger partial charge on any atom is 0.282 e. The molecule has 0 bridgehead atoms. The molecule has 1 atom stereocenters. The van der Waals surface area contributed by atoms with Crippen LogP contribution in [0.4, 0.5) is 11.4 Å². The van der Waals surface area contributed by atoms with Crippen molar-refractivity contribution in [1.82, 2.24) is 9.80 Å². The van der Waals surface area contributed by atoms with E-state index in [2.05, 4.69) is 5.32 Å². The molecule has 1 N–H and O–H groups in total. The molecule has 11 nitrogen and oxygen atoms in total. The Morgan fingerprint density at radius 2 is 1.78 bits per heavy atom. The van der Waals surface area contributed by atoms with Crippen LogP contribution in [0.3, 0.4) is 0 Å². The molecule has 0 fully saturated rings. The summed E-state index contributed by atoms with van der Waals surface area (Å²) in [5.41, 5.74) is -0.552. The quantitative estimate of drug-likeness (QED) is 0.392. The highest BCUT2D eigenvalue weighted by molar-refractivity contribution is 6.24. The van der Waals surface area contributed by atoms with Crippen molar-refractivity contribution in [3.05, 3.63) is 63.7 Å². The molecular formula is C21H20N4O7. The Kier molecular flexibility index (Phi) is 6.19. The van der Waals surface area contributed by atoms with Crippen molar-refractivity contribution < 1.29 is 28.8 Å². The molecule has 0 radical (unpaired) electrons. The van der Waals surface area contributed by atoms with E-state index in [0.717, 1.165) is 6.07 Å². The molecule has 0 aromatic heterocycles. The van der Waals surface area contributed by atoms with Crippen LogP contribution in [0, 0.1) is 10.1 Å². The molecule has 0 spiro atoms. The number of hydrogen-bond acceptors (Lipinski definition) is 7. The molecule has 1 heterocycles. The minimum absolute atomic E-state index is 0.113. The summed E-state index contributed by atoms with van der Waals surface area (Å²) in [6.07, 6.45) is 0. The minimum atomic E-state index is -1.21. The third-order valence-corrected chi connectivity index (χ3v) is 4.87. The van der Waals surface area contributed by atoms with E-state index in [4.69, 9.17) is 4.74 Å². The molecule has 0 saturated heterocycles. The standard InChI is InChI=1S/C21H20N4O7/c1-12(24-20(28)15-5-4-6-16(25(30)31)18(15)21(24)29)19(27)22-13-7-9-14(10-8-13)32-11-17(26)23(2)3/h4-10,12H,11H2,1-3H3,(H,22,27). The van der Waals surface area contributed by atoms with E-state index in [1.165, 1.54) is 36.1 Å². The van der Waals surface area contributed by atoms with Gasteiger partial charge in [0.15, 0.2) is 6.61 Å². The lowest BCUT2D eigenvalue weighted by atomic mass is 10.1. The zero-order valence-corrected chi connectivity index (χ0v) is 17.5. The third kappa shape index (κ3) is 4.26. The first kappa shape index (κ1) is 22.4. The normalized spacial score (nSPS) is 13.4. The van der Waals surface area contributed by atoms with E-state index in [9.17, 15) is 29.3 Å². The van der Waals surface area contributed by atoms with Crippen LogP contribution in [0.2, 0.25) is 0 Å². The average Bonchev–Trinajstić information content (AvgIpc) is 3.02. The van der Waals surface area contributed by atoms with Gasteiger partial charge in [0.1, 0.15) is 17.4 Å². The molecular weight excluding hydrogens is 420 g/mol. The van der Waals surface area contributed by atoms with Gasteiger partial charge >= 0.3 is 0 Å². The molecule has 1 aliphatic heterocycles. The summed E-state index contributed by atoms with van der Waals surface area (Å²) in [7, 11) is 3.22. The van der Waals surface area contributed by atoms with Crippen LogP contribution in [0.5, 0.6) is 5.75 Å². The lowest BCUT2D eigenvalue weighted by Crippen LogP contribution is -2.45. The number of carbonyl (C=O) groups excluding carboxylic acids is 4. The highest BCUT2D eigenvalue weighted by Crippen LogP contribution is 2.32. The predicted octanol–water partition coefficient (Wildman–Crippen LogP) is 1.68. The van der Waals surface area contributed by atoms with Crippen LogP contribution >= 0.6 is 0 Å². The van der Waals surface area contributed by atoms with Gasteiger partial charge in [-0.2, -0.15) is 0 Å². The number of hydrogen-bond donors (Lipinski definition) is 1. The van der Waals surface area contributed by atoms with Crippen molar-refractivity contribution in [2.75, 3.05) is 26.0 Å². The summed E-state index contributed by atoms with van der Waals surface area (Å²) < 4.78 is 5.36. The Bertz CT molecular complexity index is 1110. The van der Waals surface area contributed by atoms with Gasteiger partial charge in [-0.3, -0.25) is 34.2 Å². The average molecular weight is 440 g/mol. The van der Waals surface area contributed by atoms with Crippen LogP contribution in [0.25, 0.3) is 0 Å². The SMILES string of the molecule is CC(C(=O)Nc1ccc(OCC(=O)N(C)C)cc1)N1C(=O)c2cccc([N+](=O)[O-])c2C1=O. The first-order valence-corrected chi connectivity index (χ1v) is 9.51. The van der Waals surface area contributed by atoms with Gasteiger partial charge in [0, 0.05) is 25.8 Å². The Hall–Kier alpha value is -4.28. The van der Waals surface area contributed by atoms with Gasteiger partial charge in [-0.25, -0.2) is 0 Å². The fraction of sp³-hybridized carbons (Fsp3) is 0.238. The van der Waals surface area contributed by atoms with Gasteiger partial charge in [-0.05, 0) is 37.3 Å². The van der Waals surface area contributed by atoms with E-state index in [1.54, 1.807) is 26.2 Å². The van der Waals surface area contributed by atoms with Crippen molar-refractivity contribution in [2.45, 2.75) is 13.0 Å². The van der Waals surface area contributed by atoms with Crippen LogP contribution in [0.15, 0.2) is 42.5 Å². The lowest BCUT2D eigenvalue weighted by molar-refractivity contribution is -0.385. The number of nitro benzene ring substituents is 1. The lowest BCUT2D eigenvalue weighted by Gasteiger charge is -2.21. The summed E-state index contributed by atoms with van der Waals surface area (Å²) >= 11 is 0. The molecule has 1 unspecified atom stereocenters. The number of fused-ring (bicyclic) bond motifs is 1. The molecule has 0 saturated carbocycles. The number of likely N-dealkylation sites (N-methyl/N-ethyl adjacent to an activating group) is 1. The second-order valence-corrected chi connectivity index (χ2v) is 7.20. The zero-order valence-electron chi connectivity index (χ0n) is 17.5. The van der Waals surface area contributed by atoms with Gasteiger partial charge in [-0.15, -0.1) is 0 Å². The highest BCUT2D eigenvalue weighted by Gasteiger charge is 2.44. The molecule has 32 heavy (non-hydrogen) atoms. The molecule has 4 amide bonds. The summed E-state index contributed by atoms with van der Waals surface area (Å²) in [6, 6.07) is 8.72. The van der Waals surface area contributed by atoms with Crippen molar-refractivity contribution in [3.63, 3.8) is 0 Å².